The minimum Gasteiger partial charge on any atom is -0.311 e. The second kappa shape index (κ2) is 4.32. The van der Waals surface area contributed by atoms with Gasteiger partial charge in [-0.3, -0.25) is 4.79 Å². The molecule has 0 amide bonds. The van der Waals surface area contributed by atoms with Gasteiger partial charge in [0.1, 0.15) is 0 Å². The first-order valence-corrected chi connectivity index (χ1v) is 5.46. The predicted molar refractivity (Wildman–Crippen MR) is 67.1 cm³/mol. The summed E-state index contributed by atoms with van der Waals surface area (Å²) in [7, 11) is 1.72. The molecule has 0 bridgehead atoms. The van der Waals surface area contributed by atoms with E-state index in [-0.39, 0.29) is 5.56 Å². The molecule has 0 fully saturated rings. The van der Waals surface area contributed by atoms with E-state index in [1.807, 2.05) is 12.1 Å². The Labute approximate surface area is 103 Å². The molecule has 16 heavy (non-hydrogen) atoms. The van der Waals surface area contributed by atoms with Crippen LogP contribution in [0.15, 0.2) is 41.2 Å². The average molecular weight is 254 g/mol. The van der Waals surface area contributed by atoms with Gasteiger partial charge in [0.25, 0.3) is 5.56 Å². The van der Waals surface area contributed by atoms with Gasteiger partial charge in [-0.25, -0.2) is 0 Å². The summed E-state index contributed by atoms with van der Waals surface area (Å²) in [6, 6.07) is 10.4. The van der Waals surface area contributed by atoms with Crippen LogP contribution in [0.5, 0.6) is 0 Å². The molecule has 4 heteroatoms. The lowest BCUT2D eigenvalue weighted by molar-refractivity contribution is 0.870. The summed E-state index contributed by atoms with van der Waals surface area (Å²) in [6.07, 6.45) is 0. The number of halogens is 2. The SMILES string of the molecule is Cn1c(-c2ccc(Cl)c(Cl)c2)cccc1=O. The smallest absolute Gasteiger partial charge is 0.250 e. The largest absolute Gasteiger partial charge is 0.311 e. The van der Waals surface area contributed by atoms with Crippen LogP contribution in [-0.2, 0) is 7.05 Å². The summed E-state index contributed by atoms with van der Waals surface area (Å²) in [5.74, 6) is 0. The van der Waals surface area contributed by atoms with Crippen molar-refractivity contribution in [1.29, 1.82) is 0 Å². The maximum Gasteiger partial charge on any atom is 0.250 e. The third-order valence-corrected chi connectivity index (χ3v) is 3.14. The van der Waals surface area contributed by atoms with E-state index in [1.165, 1.54) is 6.07 Å². The highest BCUT2D eigenvalue weighted by Crippen LogP contribution is 2.27. The van der Waals surface area contributed by atoms with Crippen LogP contribution < -0.4 is 5.56 Å². The molecule has 0 N–H and O–H groups in total. The maximum absolute atomic E-state index is 11.5. The number of hydrogen-bond acceptors (Lipinski definition) is 1. The highest BCUT2D eigenvalue weighted by molar-refractivity contribution is 6.42. The standard InChI is InChI=1S/C12H9Cl2NO/c1-15-11(3-2-4-12(15)16)8-5-6-9(13)10(14)7-8/h2-7H,1H3. The number of nitrogens with zero attached hydrogens (tertiary/aromatic N) is 1. The molecule has 0 spiro atoms. The molecule has 0 saturated heterocycles. The Kier molecular flexibility index (Phi) is 3.03. The van der Waals surface area contributed by atoms with Gasteiger partial charge in [-0.05, 0) is 23.8 Å². The topological polar surface area (TPSA) is 22.0 Å². The molecular formula is C12H9Cl2NO. The molecule has 0 atom stereocenters. The van der Waals surface area contributed by atoms with E-state index in [9.17, 15) is 4.79 Å². The Morgan fingerprint density at radius 2 is 1.81 bits per heavy atom. The van der Waals surface area contributed by atoms with Crippen LogP contribution in [0.2, 0.25) is 10.0 Å². The highest BCUT2D eigenvalue weighted by Gasteiger charge is 2.05. The van der Waals surface area contributed by atoms with Crippen molar-refractivity contribution in [3.05, 3.63) is 56.8 Å². The summed E-state index contributed by atoms with van der Waals surface area (Å²) >= 11 is 11.8. The number of hydrogen-bond donors (Lipinski definition) is 0. The maximum atomic E-state index is 11.5. The van der Waals surface area contributed by atoms with Crippen LogP contribution in [-0.4, -0.2) is 4.57 Å². The molecule has 1 heterocycles. The zero-order chi connectivity index (χ0) is 11.7. The summed E-state index contributed by atoms with van der Waals surface area (Å²) in [5.41, 5.74) is 1.63. The molecule has 2 nitrogen and oxygen atoms in total. The van der Waals surface area contributed by atoms with Gasteiger partial charge in [0.15, 0.2) is 0 Å². The van der Waals surface area contributed by atoms with Gasteiger partial charge < -0.3 is 4.57 Å². The van der Waals surface area contributed by atoms with Crippen molar-refractivity contribution in [2.75, 3.05) is 0 Å². The van der Waals surface area contributed by atoms with E-state index in [0.29, 0.717) is 10.0 Å². The molecular weight excluding hydrogens is 245 g/mol. The van der Waals surface area contributed by atoms with Crippen molar-refractivity contribution in [3.63, 3.8) is 0 Å². The van der Waals surface area contributed by atoms with Gasteiger partial charge in [0.05, 0.1) is 15.7 Å². The number of rotatable bonds is 1. The minimum absolute atomic E-state index is 0.0522. The van der Waals surface area contributed by atoms with Gasteiger partial charge in [-0.15, -0.1) is 0 Å². The summed E-state index contributed by atoms with van der Waals surface area (Å²) < 4.78 is 1.57. The van der Waals surface area contributed by atoms with E-state index in [0.717, 1.165) is 11.3 Å². The van der Waals surface area contributed by atoms with Crippen molar-refractivity contribution < 1.29 is 0 Å². The van der Waals surface area contributed by atoms with E-state index >= 15 is 0 Å². The normalized spacial score (nSPS) is 10.4. The number of benzene rings is 1. The third kappa shape index (κ3) is 1.99. The Morgan fingerprint density at radius 3 is 2.50 bits per heavy atom. The van der Waals surface area contributed by atoms with E-state index in [1.54, 1.807) is 29.8 Å². The summed E-state index contributed by atoms with van der Waals surface area (Å²) in [4.78, 5) is 11.5. The quantitative estimate of drug-likeness (QED) is 0.764. The molecule has 0 aliphatic rings. The van der Waals surface area contributed by atoms with E-state index in [4.69, 9.17) is 23.2 Å². The number of aromatic nitrogens is 1. The Bertz CT molecular complexity index is 590. The molecule has 0 unspecified atom stereocenters. The van der Waals surface area contributed by atoms with E-state index < -0.39 is 0 Å². The van der Waals surface area contributed by atoms with E-state index in [2.05, 4.69) is 0 Å². The van der Waals surface area contributed by atoms with Crippen molar-refractivity contribution in [3.8, 4) is 11.3 Å². The molecule has 82 valence electrons. The Balaban J connectivity index is 2.63. The fourth-order valence-electron chi connectivity index (χ4n) is 1.51. The van der Waals surface area contributed by atoms with Gasteiger partial charge in [0, 0.05) is 13.1 Å². The lowest BCUT2D eigenvalue weighted by Gasteiger charge is -2.08. The number of pyridine rings is 1. The lowest BCUT2D eigenvalue weighted by atomic mass is 10.1. The molecule has 0 radical (unpaired) electrons. The zero-order valence-corrected chi connectivity index (χ0v) is 10.1. The van der Waals surface area contributed by atoms with Crippen LogP contribution in [0.1, 0.15) is 0 Å². The van der Waals surface area contributed by atoms with Crippen molar-refractivity contribution in [1.82, 2.24) is 4.57 Å². The predicted octanol–water partition coefficient (Wildman–Crippen LogP) is 3.36. The Hall–Kier alpha value is -1.25. The van der Waals surface area contributed by atoms with Crippen LogP contribution in [0.25, 0.3) is 11.3 Å². The van der Waals surface area contributed by atoms with Crippen molar-refractivity contribution in [2.45, 2.75) is 0 Å². The zero-order valence-electron chi connectivity index (χ0n) is 8.58. The van der Waals surface area contributed by atoms with Gasteiger partial charge in [0.2, 0.25) is 0 Å². The first-order chi connectivity index (χ1) is 7.59. The molecule has 0 aliphatic heterocycles. The van der Waals surface area contributed by atoms with Gasteiger partial charge in [-0.1, -0.05) is 35.3 Å². The fraction of sp³-hybridized carbons (Fsp3) is 0.0833. The molecule has 0 saturated carbocycles. The molecule has 1 aromatic carbocycles. The van der Waals surface area contributed by atoms with Crippen LogP contribution in [0.3, 0.4) is 0 Å². The highest BCUT2D eigenvalue weighted by atomic mass is 35.5. The minimum atomic E-state index is -0.0522. The Morgan fingerprint density at radius 1 is 1.06 bits per heavy atom. The summed E-state index contributed by atoms with van der Waals surface area (Å²) in [6.45, 7) is 0. The van der Waals surface area contributed by atoms with Gasteiger partial charge >= 0.3 is 0 Å². The third-order valence-electron chi connectivity index (χ3n) is 2.40. The molecule has 2 aromatic rings. The first kappa shape index (κ1) is 11.2. The second-order valence-electron chi connectivity index (χ2n) is 3.44. The van der Waals surface area contributed by atoms with Crippen molar-refractivity contribution >= 4 is 23.2 Å². The second-order valence-corrected chi connectivity index (χ2v) is 4.25. The average Bonchev–Trinajstić information content (AvgIpc) is 2.26. The van der Waals surface area contributed by atoms with Crippen molar-refractivity contribution in [2.24, 2.45) is 7.05 Å². The molecule has 2 rings (SSSR count). The summed E-state index contributed by atoms with van der Waals surface area (Å²) in [5, 5.41) is 0.988. The molecule has 1 aromatic heterocycles. The van der Waals surface area contributed by atoms with Crippen LogP contribution >= 0.6 is 23.2 Å². The van der Waals surface area contributed by atoms with Crippen LogP contribution in [0.4, 0.5) is 0 Å². The molecule has 0 aliphatic carbocycles. The fourth-order valence-corrected chi connectivity index (χ4v) is 1.81. The van der Waals surface area contributed by atoms with Gasteiger partial charge in [-0.2, -0.15) is 0 Å². The monoisotopic (exact) mass is 253 g/mol. The lowest BCUT2D eigenvalue weighted by Crippen LogP contribution is -2.16. The first-order valence-electron chi connectivity index (χ1n) is 4.71. The van der Waals surface area contributed by atoms with Crippen LogP contribution in [0, 0.1) is 0 Å².